The number of nitrogens with one attached hydrogen (secondary N) is 1. The Balaban J connectivity index is 1.54. The summed E-state index contributed by atoms with van der Waals surface area (Å²) in [5, 5.41) is 22.6. The highest BCUT2D eigenvalue weighted by molar-refractivity contribution is 8.00. The monoisotopic (exact) mass is 502 g/mol. The first kappa shape index (κ1) is 23.4. The number of pyridine rings is 1. The Labute approximate surface area is 201 Å². The molecule has 0 spiro atoms. The number of thiazole rings is 1. The Morgan fingerprint density at radius 3 is 2.62 bits per heavy atom. The van der Waals surface area contributed by atoms with E-state index in [0.29, 0.717) is 17.9 Å². The van der Waals surface area contributed by atoms with Gasteiger partial charge in [-0.15, -0.1) is 23.1 Å². The molecule has 2 aromatic heterocycles. The number of aromatic nitrogens is 2. The number of thioether (sulfide) groups is 1. The zero-order valence-corrected chi connectivity index (χ0v) is 19.2. The van der Waals surface area contributed by atoms with Crippen molar-refractivity contribution in [1.29, 1.82) is 0 Å². The largest absolute Gasteiger partial charge is 0.481 e. The molecule has 0 unspecified atom stereocenters. The molecule has 34 heavy (non-hydrogen) atoms. The van der Waals surface area contributed by atoms with Gasteiger partial charge in [0.05, 0.1) is 17.7 Å². The highest BCUT2D eigenvalue weighted by Crippen LogP contribution is 2.40. The van der Waals surface area contributed by atoms with Gasteiger partial charge in [0, 0.05) is 28.8 Å². The van der Waals surface area contributed by atoms with Gasteiger partial charge in [-0.1, -0.05) is 12.1 Å². The molecule has 11 nitrogen and oxygen atoms in total. The molecule has 0 aliphatic carbocycles. The van der Waals surface area contributed by atoms with Crippen molar-refractivity contribution in [3.8, 4) is 0 Å². The second-order valence-electron chi connectivity index (χ2n) is 7.45. The third-order valence-corrected chi connectivity index (χ3v) is 7.22. The van der Waals surface area contributed by atoms with Crippen LogP contribution in [-0.4, -0.2) is 61.0 Å². The van der Waals surface area contributed by atoms with Crippen molar-refractivity contribution in [2.75, 3.05) is 11.5 Å². The second-order valence-corrected chi connectivity index (χ2v) is 9.45. The molecule has 0 radical (unpaired) electrons. The smallest absolute Gasteiger partial charge is 0.352 e. The molecule has 2 aromatic rings. The van der Waals surface area contributed by atoms with Gasteiger partial charge in [0.1, 0.15) is 17.1 Å². The van der Waals surface area contributed by atoms with E-state index in [1.54, 1.807) is 12.4 Å². The van der Waals surface area contributed by atoms with E-state index >= 15 is 0 Å². The first-order valence-electron chi connectivity index (χ1n) is 10.0. The molecule has 13 heteroatoms. The maximum atomic E-state index is 12.9. The predicted molar refractivity (Wildman–Crippen MR) is 123 cm³/mol. The number of aliphatic carboxylic acids is 2. The van der Waals surface area contributed by atoms with Gasteiger partial charge in [0.25, 0.3) is 11.8 Å². The first-order valence-corrected chi connectivity index (χ1v) is 12.0. The molecule has 5 N–H and O–H groups in total. The second kappa shape index (κ2) is 9.65. The van der Waals surface area contributed by atoms with Crippen LogP contribution >= 0.6 is 23.1 Å². The average Bonchev–Trinajstić information content (AvgIpc) is 3.23. The highest BCUT2D eigenvalue weighted by Gasteiger charge is 2.54. The molecule has 4 heterocycles. The van der Waals surface area contributed by atoms with E-state index in [0.717, 1.165) is 11.3 Å². The minimum absolute atomic E-state index is 0.0161. The van der Waals surface area contributed by atoms with E-state index in [2.05, 4.69) is 10.3 Å². The fourth-order valence-electron chi connectivity index (χ4n) is 3.70. The van der Waals surface area contributed by atoms with E-state index in [1.165, 1.54) is 28.1 Å². The third-order valence-electron chi connectivity index (χ3n) is 5.21. The van der Waals surface area contributed by atoms with Crippen molar-refractivity contribution in [2.24, 2.45) is 0 Å². The number of hydrogen-bond acceptors (Lipinski definition) is 8. The minimum atomic E-state index is -1.21. The van der Waals surface area contributed by atoms with Crippen molar-refractivity contribution in [3.63, 3.8) is 0 Å². The quantitative estimate of drug-likeness (QED) is 0.226. The van der Waals surface area contributed by atoms with Crippen molar-refractivity contribution < 1.29 is 34.0 Å². The number of anilines is 1. The van der Waals surface area contributed by atoms with Crippen LogP contribution in [-0.2, 0) is 25.7 Å². The third kappa shape index (κ3) is 4.65. The lowest BCUT2D eigenvalue weighted by atomic mass is 10.0. The molecular formula is C21H20N5O6S2+. The SMILES string of the molecule is Nc1nc(C(=CCC(=O)O)C(=O)N[C@@H]2C(=O)N3C(C(=O)O)=C(C[n+]4ccccc4)CS[C@H]23)cs1. The van der Waals surface area contributed by atoms with E-state index in [4.69, 9.17) is 10.8 Å². The fourth-order valence-corrected chi connectivity index (χ4v) is 5.60. The molecule has 1 saturated heterocycles. The summed E-state index contributed by atoms with van der Waals surface area (Å²) in [6, 6.07) is 4.54. The number of β-lactam (4-membered cyclic amide) rings is 1. The Morgan fingerprint density at radius 2 is 2.00 bits per heavy atom. The fraction of sp³-hybridized carbons (Fsp3) is 0.238. The van der Waals surface area contributed by atoms with Gasteiger partial charge < -0.3 is 21.3 Å². The van der Waals surface area contributed by atoms with Gasteiger partial charge >= 0.3 is 11.9 Å². The Kier molecular flexibility index (Phi) is 6.65. The van der Waals surface area contributed by atoms with Crippen LogP contribution in [0.3, 0.4) is 0 Å². The number of nitrogens with zero attached hydrogens (tertiary/aromatic N) is 3. The van der Waals surface area contributed by atoms with E-state index in [1.807, 2.05) is 22.8 Å². The summed E-state index contributed by atoms with van der Waals surface area (Å²) >= 11 is 2.45. The molecule has 176 valence electrons. The summed E-state index contributed by atoms with van der Waals surface area (Å²) in [6.07, 6.45) is 4.40. The van der Waals surface area contributed by atoms with E-state index in [-0.39, 0.29) is 22.1 Å². The number of carbonyl (C=O) groups excluding carboxylic acids is 2. The number of fused-ring (bicyclic) bond motifs is 1. The van der Waals surface area contributed by atoms with Gasteiger partial charge in [0.15, 0.2) is 24.1 Å². The van der Waals surface area contributed by atoms with Crippen LogP contribution in [0.25, 0.3) is 5.57 Å². The molecule has 4 rings (SSSR count). The minimum Gasteiger partial charge on any atom is -0.481 e. The van der Waals surface area contributed by atoms with Gasteiger partial charge in [-0.3, -0.25) is 19.3 Å². The molecule has 0 bridgehead atoms. The predicted octanol–water partition coefficient (Wildman–Crippen LogP) is 0.310. The van der Waals surface area contributed by atoms with Crippen molar-refractivity contribution >= 4 is 57.6 Å². The maximum Gasteiger partial charge on any atom is 0.352 e. The number of nitrogens with two attached hydrogens (primary N) is 1. The van der Waals surface area contributed by atoms with E-state index in [9.17, 15) is 24.3 Å². The van der Waals surface area contributed by atoms with Crippen LogP contribution in [0.4, 0.5) is 5.13 Å². The van der Waals surface area contributed by atoms with Gasteiger partial charge in [0.2, 0.25) is 0 Å². The number of amides is 2. The Hall–Kier alpha value is -3.71. The molecule has 0 saturated carbocycles. The number of nitrogen functional groups attached to an aromatic ring is 1. The average molecular weight is 503 g/mol. The van der Waals surface area contributed by atoms with Crippen LogP contribution < -0.4 is 15.6 Å². The Morgan fingerprint density at radius 1 is 1.26 bits per heavy atom. The zero-order chi connectivity index (χ0) is 24.4. The summed E-state index contributed by atoms with van der Waals surface area (Å²) in [6.45, 7) is 0.316. The summed E-state index contributed by atoms with van der Waals surface area (Å²) in [5.74, 6) is -3.21. The number of carboxylic acids is 2. The summed E-state index contributed by atoms with van der Waals surface area (Å²) in [7, 11) is 0. The lowest BCUT2D eigenvalue weighted by Crippen LogP contribution is -2.70. The normalized spacial score (nSPS) is 19.9. The summed E-state index contributed by atoms with van der Waals surface area (Å²) in [5.41, 5.74) is 6.33. The Bertz CT molecular complexity index is 1230. The standard InChI is InChI=1S/C21H19N5O6S2/c22-21-23-13(10-34-21)12(4-5-14(27)28)17(29)24-15-18(30)26-16(20(31)32)11(9-33-19(15)26)8-25-6-2-1-3-7-25/h1-4,6-7,10,15,19H,5,8-9H2,(H4-,22,23,24,27,28,29,31,32)/p+1/t15-,19-/m1/s1. The topological polar surface area (TPSA) is 167 Å². The van der Waals surface area contributed by atoms with Crippen LogP contribution in [0.1, 0.15) is 12.1 Å². The lowest BCUT2D eigenvalue weighted by Gasteiger charge is -2.49. The van der Waals surface area contributed by atoms with Crippen molar-refractivity contribution in [1.82, 2.24) is 15.2 Å². The molecule has 1 fully saturated rings. The molecule has 2 amide bonds. The van der Waals surface area contributed by atoms with Crippen LogP contribution in [0.15, 0.2) is 53.3 Å². The number of hydrogen-bond donors (Lipinski definition) is 4. The van der Waals surface area contributed by atoms with Crippen molar-refractivity contribution in [3.05, 3.63) is 59.0 Å². The molecule has 2 aliphatic rings. The van der Waals surface area contributed by atoms with Crippen molar-refractivity contribution in [2.45, 2.75) is 24.4 Å². The first-order chi connectivity index (χ1) is 16.3. The van der Waals surface area contributed by atoms with Crippen LogP contribution in [0.5, 0.6) is 0 Å². The summed E-state index contributed by atoms with van der Waals surface area (Å²) < 4.78 is 1.82. The van der Waals surface area contributed by atoms with Gasteiger partial charge in [-0.25, -0.2) is 14.3 Å². The molecule has 2 atom stereocenters. The number of carboxylic acid groups (broad SMARTS) is 2. The molecule has 2 aliphatic heterocycles. The highest BCUT2D eigenvalue weighted by atomic mass is 32.2. The zero-order valence-electron chi connectivity index (χ0n) is 17.6. The van der Waals surface area contributed by atoms with Crippen LogP contribution in [0.2, 0.25) is 0 Å². The number of rotatable bonds is 8. The number of carbonyl (C=O) groups is 4. The van der Waals surface area contributed by atoms with Gasteiger partial charge in [-0.2, -0.15) is 0 Å². The lowest BCUT2D eigenvalue weighted by molar-refractivity contribution is -0.689. The van der Waals surface area contributed by atoms with Crippen LogP contribution in [0, 0.1) is 0 Å². The van der Waals surface area contributed by atoms with Gasteiger partial charge in [-0.05, 0) is 0 Å². The summed E-state index contributed by atoms with van der Waals surface area (Å²) in [4.78, 5) is 54.1. The molecular weight excluding hydrogens is 482 g/mol. The maximum absolute atomic E-state index is 12.9. The molecule has 0 aromatic carbocycles. The van der Waals surface area contributed by atoms with E-state index < -0.39 is 41.6 Å².